The molecule has 0 spiro atoms. The van der Waals surface area contributed by atoms with E-state index in [1.54, 1.807) is 40.2 Å². The zero-order valence-electron chi connectivity index (χ0n) is 30.5. The number of hydrogen-bond donors (Lipinski definition) is 2. The summed E-state index contributed by atoms with van der Waals surface area (Å²) in [6.45, 7) is 4.75. The first kappa shape index (κ1) is 37.3. The van der Waals surface area contributed by atoms with Crippen LogP contribution in [0.2, 0.25) is 0 Å². The lowest BCUT2D eigenvalue weighted by molar-refractivity contribution is -0.215. The number of nitrogens with one attached hydrogen (secondary N) is 1. The summed E-state index contributed by atoms with van der Waals surface area (Å²) in [6.07, 6.45) is -2.37. The molecular formula is C41H42N2O10S. The molecule has 0 unspecified atom stereocenters. The topological polar surface area (TPSA) is 155 Å². The van der Waals surface area contributed by atoms with Gasteiger partial charge in [-0.3, -0.25) is 18.5 Å². The predicted molar refractivity (Wildman–Crippen MR) is 199 cm³/mol. The zero-order chi connectivity index (χ0) is 38.4. The molecule has 2 N–H and O–H groups in total. The molecule has 1 aliphatic carbocycles. The number of aliphatic hydroxyl groups excluding tert-OH is 1. The monoisotopic (exact) mass is 754 g/mol. The molecule has 54 heavy (non-hydrogen) atoms. The fourth-order valence-corrected chi connectivity index (χ4v) is 9.06. The highest BCUT2D eigenvalue weighted by molar-refractivity contribution is 7.86. The van der Waals surface area contributed by atoms with E-state index >= 15 is 0 Å². The van der Waals surface area contributed by atoms with Crippen molar-refractivity contribution >= 4 is 10.1 Å². The smallest absolute Gasteiger partial charge is 0.330 e. The number of hydrogen-bond acceptors (Lipinski definition) is 10. The second kappa shape index (κ2) is 14.3. The van der Waals surface area contributed by atoms with Crippen LogP contribution >= 0.6 is 0 Å². The highest BCUT2D eigenvalue weighted by Crippen LogP contribution is 2.58. The van der Waals surface area contributed by atoms with Gasteiger partial charge in [0.1, 0.15) is 35.0 Å². The molecule has 12 nitrogen and oxygen atoms in total. The molecule has 2 fully saturated rings. The summed E-state index contributed by atoms with van der Waals surface area (Å²) >= 11 is 0. The van der Waals surface area contributed by atoms with Crippen molar-refractivity contribution < 1.29 is 36.7 Å². The number of methoxy groups -OCH3 is 2. The Kier molecular flexibility index (Phi) is 9.88. The molecule has 1 saturated carbocycles. The number of aromatic nitrogens is 2. The second-order valence-corrected chi connectivity index (χ2v) is 15.5. The van der Waals surface area contributed by atoms with Crippen LogP contribution in [0.25, 0.3) is 0 Å². The van der Waals surface area contributed by atoms with Crippen LogP contribution in [0.1, 0.15) is 41.0 Å². The minimum atomic E-state index is -4.40. The van der Waals surface area contributed by atoms with E-state index in [0.29, 0.717) is 22.6 Å². The molecule has 5 aromatic rings. The number of aryl methyl sites for hydroxylation is 2. The molecule has 4 aromatic carbocycles. The zero-order valence-corrected chi connectivity index (χ0v) is 31.3. The summed E-state index contributed by atoms with van der Waals surface area (Å²) in [5.74, 6) is -0.289. The fourth-order valence-electron chi connectivity index (χ4n) is 7.86. The predicted octanol–water partition coefficient (Wildman–Crippen LogP) is 4.85. The van der Waals surface area contributed by atoms with Crippen LogP contribution < -0.4 is 20.7 Å². The molecule has 7 rings (SSSR count). The van der Waals surface area contributed by atoms with E-state index in [0.717, 1.165) is 11.1 Å². The Balaban J connectivity index is 1.40. The summed E-state index contributed by atoms with van der Waals surface area (Å²) in [6, 6.07) is 30.5. The maximum atomic E-state index is 13.9. The highest BCUT2D eigenvalue weighted by Gasteiger charge is 2.71. The van der Waals surface area contributed by atoms with Crippen molar-refractivity contribution in [3.8, 4) is 11.5 Å². The third kappa shape index (κ3) is 6.25. The maximum Gasteiger partial charge on any atom is 0.330 e. The molecule has 0 amide bonds. The molecule has 282 valence electrons. The van der Waals surface area contributed by atoms with Crippen LogP contribution in [0, 0.1) is 25.7 Å². The largest absolute Gasteiger partial charge is 0.497 e. The van der Waals surface area contributed by atoms with Crippen molar-refractivity contribution in [2.24, 2.45) is 11.8 Å². The third-order valence-electron chi connectivity index (χ3n) is 10.7. The average Bonchev–Trinajstić information content (AvgIpc) is 3.57. The lowest BCUT2D eigenvalue weighted by Crippen LogP contribution is -2.56. The quantitative estimate of drug-likeness (QED) is 0.134. The minimum Gasteiger partial charge on any atom is -0.497 e. The first-order chi connectivity index (χ1) is 25.8. The summed E-state index contributed by atoms with van der Waals surface area (Å²) in [5.41, 5.74) is -1.27. The number of aliphatic hydroxyl groups is 1. The summed E-state index contributed by atoms with van der Waals surface area (Å²) in [7, 11) is -1.25. The van der Waals surface area contributed by atoms with Gasteiger partial charge in [0.15, 0.2) is 0 Å². The van der Waals surface area contributed by atoms with Gasteiger partial charge in [-0.05, 0) is 72.9 Å². The lowest BCUT2D eigenvalue weighted by Gasteiger charge is -2.43. The molecule has 2 heterocycles. The van der Waals surface area contributed by atoms with E-state index in [9.17, 15) is 23.1 Å². The van der Waals surface area contributed by atoms with Crippen LogP contribution in [0.3, 0.4) is 0 Å². The van der Waals surface area contributed by atoms with E-state index < -0.39 is 69.4 Å². The van der Waals surface area contributed by atoms with E-state index in [2.05, 4.69) is 4.98 Å². The number of nitrogens with zero attached hydrogens (tertiary/aromatic N) is 1. The van der Waals surface area contributed by atoms with Crippen molar-refractivity contribution in [1.82, 2.24) is 9.55 Å². The number of fused-ring (bicyclic) bond motifs is 2. The van der Waals surface area contributed by atoms with Gasteiger partial charge in [0.25, 0.3) is 15.7 Å². The van der Waals surface area contributed by atoms with E-state index in [1.165, 1.54) is 22.9 Å². The molecule has 0 radical (unpaired) electrons. The lowest BCUT2D eigenvalue weighted by atomic mass is 9.79. The number of rotatable bonds is 12. The highest BCUT2D eigenvalue weighted by atomic mass is 32.2. The first-order valence-corrected chi connectivity index (χ1v) is 18.9. The normalized spacial score (nSPS) is 23.7. The Morgan fingerprint density at radius 2 is 1.39 bits per heavy atom. The third-order valence-corrected chi connectivity index (χ3v) is 12.1. The molecule has 6 atom stereocenters. The van der Waals surface area contributed by atoms with E-state index in [4.69, 9.17) is 23.1 Å². The summed E-state index contributed by atoms with van der Waals surface area (Å²) in [4.78, 5) is 27.8. The van der Waals surface area contributed by atoms with Gasteiger partial charge in [0, 0.05) is 17.7 Å². The molecular weight excluding hydrogens is 713 g/mol. The number of ether oxygens (including phenoxy) is 4. The van der Waals surface area contributed by atoms with Crippen LogP contribution in [0.15, 0.2) is 124 Å². The summed E-state index contributed by atoms with van der Waals surface area (Å²) in [5, 5.41) is 12.3. The molecule has 13 heteroatoms. The Morgan fingerprint density at radius 3 is 1.94 bits per heavy atom. The van der Waals surface area contributed by atoms with Crippen molar-refractivity contribution in [1.29, 1.82) is 0 Å². The van der Waals surface area contributed by atoms with Gasteiger partial charge in [-0.15, -0.1) is 0 Å². The molecule has 2 bridgehead atoms. The number of benzene rings is 4. The van der Waals surface area contributed by atoms with Crippen LogP contribution in [-0.2, 0) is 29.4 Å². The Hall–Kier alpha value is -5.05. The van der Waals surface area contributed by atoms with Gasteiger partial charge < -0.3 is 24.1 Å². The molecule has 1 aliphatic heterocycles. The molecule has 1 aromatic heterocycles. The van der Waals surface area contributed by atoms with E-state index in [1.807, 2.05) is 85.8 Å². The Bertz CT molecular complexity index is 2300. The van der Waals surface area contributed by atoms with Gasteiger partial charge in [-0.1, -0.05) is 79.2 Å². The first-order valence-electron chi connectivity index (χ1n) is 17.5. The minimum absolute atomic E-state index is 0.0623. The summed E-state index contributed by atoms with van der Waals surface area (Å²) < 4.78 is 60.0. The molecule has 2 aliphatic rings. The van der Waals surface area contributed by atoms with Gasteiger partial charge in [0.05, 0.1) is 31.8 Å². The van der Waals surface area contributed by atoms with Gasteiger partial charge in [-0.2, -0.15) is 8.42 Å². The number of H-pyrrole nitrogens is 1. The van der Waals surface area contributed by atoms with Gasteiger partial charge in [0.2, 0.25) is 0 Å². The Morgan fingerprint density at radius 1 is 0.833 bits per heavy atom. The van der Waals surface area contributed by atoms with Crippen LogP contribution in [-0.4, -0.2) is 61.7 Å². The van der Waals surface area contributed by atoms with Crippen molar-refractivity contribution in [2.75, 3.05) is 20.8 Å². The van der Waals surface area contributed by atoms with Crippen molar-refractivity contribution in [3.05, 3.63) is 158 Å². The standard InChI is InChI=1S/C41H42N2O10S/c1-25-11-21-33(22-12-25)54(47,48)53-36-27(3)34-35(44)40(36,52-38(34)43-23-26(2)37(45)42-39(43)46)24-51-41(28-9-7-6-8-10-28,29-13-17-31(49-4)18-14-29)30-15-19-32(50-5)20-16-30/h6-23,27,34-36,38,44H,24H2,1-5H3,(H,42,45,46)/t27-,34+,35-,36-,38+,40+/m0/s1. The molecule has 1 saturated heterocycles. The SMILES string of the molecule is COc1ccc(C(OC[C@]23O[C@@H](n4cc(C)c(=O)[nH]c4=O)[C@H]([C@H](C)[C@@H]2OS(=O)(=O)c2ccc(C)cc2)[C@@H]3O)(c2ccccc2)c2ccc(OC)cc2)cc1. The second-order valence-electron chi connectivity index (χ2n) is 13.9. The van der Waals surface area contributed by atoms with Crippen molar-refractivity contribution in [2.45, 2.75) is 55.3 Å². The van der Waals surface area contributed by atoms with Crippen molar-refractivity contribution in [3.63, 3.8) is 0 Å². The maximum absolute atomic E-state index is 13.9. The van der Waals surface area contributed by atoms with Gasteiger partial charge in [-0.25, -0.2) is 4.79 Å². The van der Waals surface area contributed by atoms with Crippen LogP contribution in [0.5, 0.6) is 11.5 Å². The average molecular weight is 755 g/mol. The number of aromatic amines is 1. The fraction of sp³-hybridized carbons (Fsp3) is 0.317. The Labute approximate surface area is 313 Å². The van der Waals surface area contributed by atoms with E-state index in [-0.39, 0.29) is 10.5 Å². The van der Waals surface area contributed by atoms with Crippen LogP contribution in [0.4, 0.5) is 0 Å². The van der Waals surface area contributed by atoms with Gasteiger partial charge >= 0.3 is 5.69 Å².